The Bertz CT molecular complexity index is 756. The molecule has 0 fully saturated rings. The Labute approximate surface area is 146 Å². The number of nitrogens with zero attached hydrogens (tertiary/aromatic N) is 2. The van der Waals surface area contributed by atoms with Crippen LogP contribution in [-0.2, 0) is 6.61 Å². The maximum absolute atomic E-state index is 12.9. The first-order chi connectivity index (χ1) is 12.0. The number of rotatable bonds is 6. The van der Waals surface area contributed by atoms with Gasteiger partial charge in [-0.1, -0.05) is 18.2 Å². The van der Waals surface area contributed by atoms with Crippen molar-refractivity contribution in [2.24, 2.45) is 0 Å². The topological polar surface area (TPSA) is 65.4 Å². The highest BCUT2D eigenvalue weighted by Gasteiger charge is 2.15. The lowest BCUT2D eigenvalue weighted by atomic mass is 10.2. The molecule has 6 heteroatoms. The first-order valence-electron chi connectivity index (χ1n) is 7.87. The molecule has 0 saturated carbocycles. The number of nitrogens with one attached hydrogen (secondary N) is 1. The predicted molar refractivity (Wildman–Crippen MR) is 93.6 cm³/mol. The highest BCUT2D eigenvalue weighted by atomic mass is 19.1. The Kier molecular flexibility index (Phi) is 6.35. The van der Waals surface area contributed by atoms with E-state index >= 15 is 0 Å². The summed E-state index contributed by atoms with van der Waals surface area (Å²) in [4.78, 5) is 13.7. The van der Waals surface area contributed by atoms with Crippen molar-refractivity contribution in [2.75, 3.05) is 12.4 Å². The van der Waals surface area contributed by atoms with Crippen LogP contribution in [-0.4, -0.2) is 24.0 Å². The molecule has 0 aliphatic carbocycles. The minimum Gasteiger partial charge on any atom is -0.489 e. The van der Waals surface area contributed by atoms with Crippen LogP contribution in [0, 0.1) is 17.1 Å². The molecule has 0 spiro atoms. The Hall–Kier alpha value is -3.07. The van der Waals surface area contributed by atoms with Gasteiger partial charge in [-0.05, 0) is 36.8 Å². The zero-order chi connectivity index (χ0) is 18.2. The summed E-state index contributed by atoms with van der Waals surface area (Å²) in [5, 5.41) is 11.5. The highest BCUT2D eigenvalue weighted by molar-refractivity contribution is 5.89. The van der Waals surface area contributed by atoms with Gasteiger partial charge in [0.1, 0.15) is 18.2 Å². The maximum Gasteiger partial charge on any atom is 0.321 e. The smallest absolute Gasteiger partial charge is 0.321 e. The van der Waals surface area contributed by atoms with Gasteiger partial charge in [0.2, 0.25) is 0 Å². The average molecular weight is 341 g/mol. The van der Waals surface area contributed by atoms with Crippen molar-refractivity contribution in [3.8, 4) is 11.8 Å². The number of nitriles is 1. The molecule has 2 aromatic rings. The SMILES string of the molecule is C[C@@H](CC#N)N(C)C(=O)Nc1cccc(OCc2ccc(F)cc2)c1. The second-order valence-corrected chi connectivity index (χ2v) is 5.70. The van der Waals surface area contributed by atoms with Crippen LogP contribution in [0.2, 0.25) is 0 Å². The van der Waals surface area contributed by atoms with Gasteiger partial charge in [0, 0.05) is 24.8 Å². The van der Waals surface area contributed by atoms with Crippen LogP contribution in [0.3, 0.4) is 0 Å². The van der Waals surface area contributed by atoms with E-state index in [1.54, 1.807) is 43.4 Å². The number of hydrogen-bond donors (Lipinski definition) is 1. The monoisotopic (exact) mass is 341 g/mol. The molecule has 0 aromatic heterocycles. The molecule has 2 aromatic carbocycles. The standard InChI is InChI=1S/C19H20FN3O2/c1-14(10-11-21)23(2)19(24)22-17-4-3-5-18(12-17)25-13-15-6-8-16(20)9-7-15/h3-9,12,14H,10,13H2,1-2H3,(H,22,24)/t14-/m0/s1. The fraction of sp³-hybridized carbons (Fsp3) is 0.263. The van der Waals surface area contributed by atoms with Gasteiger partial charge in [0.05, 0.1) is 12.5 Å². The van der Waals surface area contributed by atoms with Crippen LogP contribution in [0.4, 0.5) is 14.9 Å². The molecule has 0 aliphatic heterocycles. The van der Waals surface area contributed by atoms with Gasteiger partial charge in [0.15, 0.2) is 0 Å². The molecule has 1 N–H and O–H groups in total. The zero-order valence-electron chi connectivity index (χ0n) is 14.2. The third-order valence-electron chi connectivity index (χ3n) is 3.77. The van der Waals surface area contributed by atoms with Gasteiger partial charge in [-0.25, -0.2) is 9.18 Å². The van der Waals surface area contributed by atoms with Gasteiger partial charge in [-0.3, -0.25) is 0 Å². The number of amides is 2. The van der Waals surface area contributed by atoms with E-state index in [4.69, 9.17) is 10.00 Å². The molecule has 0 unspecified atom stereocenters. The van der Waals surface area contributed by atoms with Crippen molar-refractivity contribution in [3.05, 3.63) is 59.9 Å². The van der Waals surface area contributed by atoms with Crippen LogP contribution in [0.5, 0.6) is 5.75 Å². The summed E-state index contributed by atoms with van der Waals surface area (Å²) in [6.07, 6.45) is 0.269. The molecule has 0 radical (unpaired) electrons. The summed E-state index contributed by atoms with van der Waals surface area (Å²) < 4.78 is 18.6. The molecule has 0 aliphatic rings. The van der Waals surface area contributed by atoms with Crippen LogP contribution < -0.4 is 10.1 Å². The molecular formula is C19H20FN3O2. The van der Waals surface area contributed by atoms with Gasteiger partial charge in [-0.15, -0.1) is 0 Å². The third-order valence-corrected chi connectivity index (χ3v) is 3.77. The van der Waals surface area contributed by atoms with Crippen molar-refractivity contribution >= 4 is 11.7 Å². The third kappa shape index (κ3) is 5.50. The molecule has 5 nitrogen and oxygen atoms in total. The number of anilines is 1. The fourth-order valence-electron chi connectivity index (χ4n) is 2.09. The molecule has 0 heterocycles. The Balaban J connectivity index is 1.95. The zero-order valence-corrected chi connectivity index (χ0v) is 14.2. The minimum atomic E-state index is -0.293. The maximum atomic E-state index is 12.9. The average Bonchev–Trinajstić information content (AvgIpc) is 2.61. The number of benzene rings is 2. The van der Waals surface area contributed by atoms with E-state index in [9.17, 15) is 9.18 Å². The number of urea groups is 1. The summed E-state index contributed by atoms with van der Waals surface area (Å²) in [7, 11) is 1.65. The van der Waals surface area contributed by atoms with Crippen molar-refractivity contribution in [3.63, 3.8) is 0 Å². The van der Waals surface area contributed by atoms with E-state index in [0.717, 1.165) is 5.56 Å². The Morgan fingerprint density at radius 2 is 2.04 bits per heavy atom. The van der Waals surface area contributed by atoms with Crippen LogP contribution in [0.25, 0.3) is 0 Å². The van der Waals surface area contributed by atoms with Crippen LogP contribution in [0.1, 0.15) is 18.9 Å². The lowest BCUT2D eigenvalue weighted by Gasteiger charge is -2.23. The van der Waals surface area contributed by atoms with Crippen molar-refractivity contribution < 1.29 is 13.9 Å². The lowest BCUT2D eigenvalue weighted by molar-refractivity contribution is 0.208. The van der Waals surface area contributed by atoms with Crippen LogP contribution >= 0.6 is 0 Å². The van der Waals surface area contributed by atoms with E-state index in [1.807, 2.05) is 13.0 Å². The number of carbonyl (C=O) groups excluding carboxylic acids is 1. The molecule has 0 saturated heterocycles. The summed E-state index contributed by atoms with van der Waals surface area (Å²) in [5.41, 5.74) is 1.44. The largest absolute Gasteiger partial charge is 0.489 e. The number of ether oxygens (including phenoxy) is 1. The molecule has 25 heavy (non-hydrogen) atoms. The molecule has 0 bridgehead atoms. The normalized spacial score (nSPS) is 11.3. The van der Waals surface area contributed by atoms with Gasteiger partial charge in [0.25, 0.3) is 0 Å². The second kappa shape index (κ2) is 8.69. The summed E-state index contributed by atoms with van der Waals surface area (Å²) in [6.45, 7) is 2.11. The van der Waals surface area contributed by atoms with Crippen molar-refractivity contribution in [2.45, 2.75) is 26.0 Å². The van der Waals surface area contributed by atoms with Gasteiger partial charge < -0.3 is 15.0 Å². The van der Waals surface area contributed by atoms with E-state index in [0.29, 0.717) is 18.0 Å². The van der Waals surface area contributed by atoms with Gasteiger partial charge >= 0.3 is 6.03 Å². The van der Waals surface area contributed by atoms with Gasteiger partial charge in [-0.2, -0.15) is 5.26 Å². The number of hydrogen-bond acceptors (Lipinski definition) is 3. The van der Waals surface area contributed by atoms with E-state index in [1.165, 1.54) is 17.0 Å². The summed E-state index contributed by atoms with van der Waals surface area (Å²) >= 11 is 0. The first-order valence-corrected chi connectivity index (χ1v) is 7.87. The highest BCUT2D eigenvalue weighted by Crippen LogP contribution is 2.19. The van der Waals surface area contributed by atoms with E-state index in [2.05, 4.69) is 5.32 Å². The molecule has 1 atom stereocenters. The number of carbonyl (C=O) groups is 1. The summed E-state index contributed by atoms with van der Waals surface area (Å²) in [5.74, 6) is 0.304. The van der Waals surface area contributed by atoms with Crippen molar-refractivity contribution in [1.29, 1.82) is 5.26 Å². The predicted octanol–water partition coefficient (Wildman–Crippen LogP) is 4.17. The second-order valence-electron chi connectivity index (χ2n) is 5.70. The fourth-order valence-corrected chi connectivity index (χ4v) is 2.09. The number of halogens is 1. The summed E-state index contributed by atoms with van der Waals surface area (Å²) in [6, 6.07) is 14.7. The molecule has 2 amide bonds. The minimum absolute atomic E-state index is 0.178. The van der Waals surface area contributed by atoms with Crippen molar-refractivity contribution in [1.82, 2.24) is 4.90 Å². The van der Waals surface area contributed by atoms with E-state index in [-0.39, 0.29) is 24.3 Å². The lowest BCUT2D eigenvalue weighted by Crippen LogP contribution is -2.38. The van der Waals surface area contributed by atoms with Crippen LogP contribution in [0.15, 0.2) is 48.5 Å². The Morgan fingerprint density at radius 3 is 2.72 bits per heavy atom. The quantitative estimate of drug-likeness (QED) is 0.857. The molecule has 130 valence electrons. The molecular weight excluding hydrogens is 321 g/mol. The Morgan fingerprint density at radius 1 is 1.32 bits per heavy atom. The van der Waals surface area contributed by atoms with E-state index < -0.39 is 0 Å². The first kappa shape index (κ1) is 18.3. The molecule has 2 rings (SSSR count).